The van der Waals surface area contributed by atoms with E-state index in [-0.39, 0.29) is 49.6 Å². The second-order valence-corrected chi connectivity index (χ2v) is 10.9. The van der Waals surface area contributed by atoms with E-state index in [0.717, 1.165) is 50.9 Å². The van der Waals surface area contributed by atoms with Crippen LogP contribution in [-0.4, -0.2) is 86.8 Å². The molecule has 0 N–H and O–H groups in total. The molecule has 0 saturated carbocycles. The van der Waals surface area contributed by atoms with Gasteiger partial charge in [0.2, 0.25) is 15.9 Å². The molecule has 8 nitrogen and oxygen atoms in total. The van der Waals surface area contributed by atoms with Gasteiger partial charge in [-0.2, -0.15) is 4.31 Å². The van der Waals surface area contributed by atoms with E-state index in [4.69, 9.17) is 4.74 Å². The first kappa shape index (κ1) is 24.1. The summed E-state index contributed by atoms with van der Waals surface area (Å²) in [5.41, 5.74) is 0.139. The number of morpholine rings is 1. The van der Waals surface area contributed by atoms with Crippen LogP contribution in [0.25, 0.3) is 0 Å². The van der Waals surface area contributed by atoms with Crippen LogP contribution in [-0.2, 0) is 19.6 Å². The highest BCUT2D eigenvalue weighted by Crippen LogP contribution is 2.25. The Morgan fingerprint density at radius 3 is 2.15 bits per heavy atom. The largest absolute Gasteiger partial charge is 0.379 e. The van der Waals surface area contributed by atoms with Crippen molar-refractivity contribution in [3.05, 3.63) is 29.6 Å². The van der Waals surface area contributed by atoms with Gasteiger partial charge in [-0.25, -0.2) is 12.8 Å². The number of rotatable bonds is 4. The van der Waals surface area contributed by atoms with Gasteiger partial charge in [0.25, 0.3) is 5.91 Å². The summed E-state index contributed by atoms with van der Waals surface area (Å²) in [6.07, 6.45) is 5.59. The van der Waals surface area contributed by atoms with E-state index in [1.165, 1.54) is 10.4 Å². The molecule has 0 aliphatic carbocycles. The monoisotopic (exact) mass is 481 g/mol. The molecule has 2 amide bonds. The van der Waals surface area contributed by atoms with Gasteiger partial charge in [-0.05, 0) is 43.9 Å². The third-order valence-electron chi connectivity index (χ3n) is 6.82. The highest BCUT2D eigenvalue weighted by atomic mass is 32.2. The van der Waals surface area contributed by atoms with Crippen LogP contribution in [0.1, 0.15) is 48.9 Å². The summed E-state index contributed by atoms with van der Waals surface area (Å²) in [4.78, 5) is 29.1. The van der Waals surface area contributed by atoms with Crippen LogP contribution < -0.4 is 0 Å². The Balaban J connectivity index is 1.41. The number of halogens is 1. The Kier molecular flexibility index (Phi) is 7.65. The van der Waals surface area contributed by atoms with Crippen molar-refractivity contribution in [1.82, 2.24) is 14.1 Å². The second-order valence-electron chi connectivity index (χ2n) is 8.97. The molecule has 0 atom stereocenters. The van der Waals surface area contributed by atoms with Crippen LogP contribution in [0, 0.1) is 11.7 Å². The third-order valence-corrected chi connectivity index (χ3v) is 8.73. The lowest BCUT2D eigenvalue weighted by Crippen LogP contribution is -2.44. The highest BCUT2D eigenvalue weighted by Gasteiger charge is 2.33. The van der Waals surface area contributed by atoms with Crippen LogP contribution in [0.5, 0.6) is 0 Å². The summed E-state index contributed by atoms with van der Waals surface area (Å²) < 4.78 is 46.7. The quantitative estimate of drug-likeness (QED) is 0.657. The average molecular weight is 482 g/mol. The maximum Gasteiger partial charge on any atom is 0.253 e. The first-order valence-corrected chi connectivity index (χ1v) is 13.3. The fraction of sp³-hybridized carbons (Fsp3) is 0.652. The van der Waals surface area contributed by atoms with E-state index in [1.807, 2.05) is 4.90 Å². The molecule has 182 valence electrons. The normalized spacial score (nSPS) is 21.6. The van der Waals surface area contributed by atoms with E-state index in [0.29, 0.717) is 25.9 Å². The zero-order valence-electron chi connectivity index (χ0n) is 18.9. The van der Waals surface area contributed by atoms with Gasteiger partial charge in [0.1, 0.15) is 10.7 Å². The number of likely N-dealkylation sites (tertiary alicyclic amines) is 2. The third kappa shape index (κ3) is 5.38. The zero-order chi connectivity index (χ0) is 23.4. The molecule has 3 fully saturated rings. The molecule has 3 heterocycles. The van der Waals surface area contributed by atoms with Gasteiger partial charge < -0.3 is 14.5 Å². The Morgan fingerprint density at radius 1 is 0.879 bits per heavy atom. The van der Waals surface area contributed by atoms with Crippen molar-refractivity contribution in [2.45, 2.75) is 43.4 Å². The van der Waals surface area contributed by atoms with Crippen molar-refractivity contribution in [2.24, 2.45) is 5.92 Å². The summed E-state index contributed by atoms with van der Waals surface area (Å²) in [7, 11) is -4.06. The Bertz CT molecular complexity index is 964. The first-order valence-electron chi connectivity index (χ1n) is 11.8. The molecule has 3 aliphatic rings. The van der Waals surface area contributed by atoms with Crippen molar-refractivity contribution in [1.29, 1.82) is 0 Å². The Morgan fingerprint density at radius 2 is 1.52 bits per heavy atom. The van der Waals surface area contributed by atoms with E-state index in [2.05, 4.69) is 0 Å². The average Bonchev–Trinajstić information content (AvgIpc) is 3.14. The molecule has 3 aliphatic heterocycles. The molecular weight excluding hydrogens is 449 g/mol. The molecule has 0 bridgehead atoms. The number of piperidine rings is 1. The summed E-state index contributed by atoms with van der Waals surface area (Å²) in [5.74, 6) is -1.11. The number of sulfonamides is 1. The van der Waals surface area contributed by atoms with Gasteiger partial charge in [-0.15, -0.1) is 0 Å². The summed E-state index contributed by atoms with van der Waals surface area (Å²) in [6, 6.07) is 3.50. The zero-order valence-corrected chi connectivity index (χ0v) is 19.7. The number of hydrogen-bond acceptors (Lipinski definition) is 5. The van der Waals surface area contributed by atoms with E-state index >= 15 is 0 Å². The van der Waals surface area contributed by atoms with E-state index in [9.17, 15) is 22.4 Å². The predicted molar refractivity (Wildman–Crippen MR) is 120 cm³/mol. The van der Waals surface area contributed by atoms with Crippen molar-refractivity contribution < 1.29 is 27.1 Å². The number of benzene rings is 1. The number of ether oxygens (including phenoxy) is 1. The standard InChI is InChI=1S/C23H32FN3O5S/c24-20-6-5-19(17-21(20)33(30,31)27-13-15-32-16-14-27)23(29)26-11-7-18(8-12-26)22(28)25-9-3-1-2-4-10-25/h5-6,17-18H,1-4,7-16H2. The van der Waals surface area contributed by atoms with Gasteiger partial charge >= 0.3 is 0 Å². The number of hydrogen-bond donors (Lipinski definition) is 0. The molecule has 0 unspecified atom stereocenters. The minimum absolute atomic E-state index is 0.0855. The van der Waals surface area contributed by atoms with Crippen LogP contribution in [0.2, 0.25) is 0 Å². The SMILES string of the molecule is O=C(c1ccc(F)c(S(=O)(=O)N2CCOCC2)c1)N1CCC(C(=O)N2CCCCCC2)CC1. The van der Waals surface area contributed by atoms with Crippen LogP contribution in [0.4, 0.5) is 4.39 Å². The van der Waals surface area contributed by atoms with Gasteiger partial charge in [0, 0.05) is 50.7 Å². The Labute approximate surface area is 194 Å². The molecule has 0 spiro atoms. The molecule has 33 heavy (non-hydrogen) atoms. The minimum atomic E-state index is -4.06. The molecule has 1 aromatic carbocycles. The van der Waals surface area contributed by atoms with Crippen molar-refractivity contribution >= 4 is 21.8 Å². The van der Waals surface area contributed by atoms with Gasteiger partial charge in [-0.3, -0.25) is 9.59 Å². The van der Waals surface area contributed by atoms with E-state index in [1.54, 1.807) is 4.90 Å². The summed E-state index contributed by atoms with van der Waals surface area (Å²) >= 11 is 0. The molecule has 10 heteroatoms. The second kappa shape index (κ2) is 10.5. The van der Waals surface area contributed by atoms with Crippen molar-refractivity contribution in [3.63, 3.8) is 0 Å². The topological polar surface area (TPSA) is 87.2 Å². The predicted octanol–water partition coefficient (Wildman–Crippen LogP) is 2.10. The molecule has 0 aromatic heterocycles. The summed E-state index contributed by atoms with van der Waals surface area (Å²) in [5, 5.41) is 0. The van der Waals surface area contributed by atoms with E-state index < -0.39 is 20.7 Å². The molecule has 4 rings (SSSR count). The lowest BCUT2D eigenvalue weighted by Gasteiger charge is -2.34. The molecule has 0 radical (unpaired) electrons. The van der Waals surface area contributed by atoms with Crippen molar-refractivity contribution in [2.75, 3.05) is 52.5 Å². The molecule has 3 saturated heterocycles. The fourth-order valence-corrected chi connectivity index (χ4v) is 6.32. The fourth-order valence-electron chi connectivity index (χ4n) is 4.82. The first-order chi connectivity index (χ1) is 15.9. The number of carbonyl (C=O) groups excluding carboxylic acids is 2. The smallest absolute Gasteiger partial charge is 0.253 e. The molecule has 1 aromatic rings. The molecular formula is C23H32FN3O5S. The lowest BCUT2D eigenvalue weighted by molar-refractivity contribution is -0.136. The number of carbonyl (C=O) groups is 2. The highest BCUT2D eigenvalue weighted by molar-refractivity contribution is 7.89. The summed E-state index contributed by atoms with van der Waals surface area (Å²) in [6.45, 7) is 3.28. The maximum atomic E-state index is 14.5. The lowest BCUT2D eigenvalue weighted by atomic mass is 9.94. The van der Waals surface area contributed by atoms with Crippen LogP contribution in [0.15, 0.2) is 23.1 Å². The van der Waals surface area contributed by atoms with Crippen LogP contribution in [0.3, 0.4) is 0 Å². The van der Waals surface area contributed by atoms with Crippen LogP contribution >= 0.6 is 0 Å². The van der Waals surface area contributed by atoms with Gasteiger partial charge in [0.05, 0.1) is 13.2 Å². The maximum absolute atomic E-state index is 14.5. The minimum Gasteiger partial charge on any atom is -0.379 e. The van der Waals surface area contributed by atoms with Gasteiger partial charge in [-0.1, -0.05) is 12.8 Å². The Hall–Kier alpha value is -2.04. The number of amides is 2. The number of nitrogens with zero attached hydrogens (tertiary/aromatic N) is 3. The van der Waals surface area contributed by atoms with Gasteiger partial charge in [0.15, 0.2) is 0 Å². The van der Waals surface area contributed by atoms with Crippen molar-refractivity contribution in [3.8, 4) is 0 Å².